The van der Waals surface area contributed by atoms with Crippen LogP contribution in [0.1, 0.15) is 65.6 Å². The summed E-state index contributed by atoms with van der Waals surface area (Å²) in [4.78, 5) is 25.5. The third kappa shape index (κ3) is 7.23. The number of hydrogen-bond acceptors (Lipinski definition) is 13. The zero-order valence-corrected chi connectivity index (χ0v) is 31.2. The van der Waals surface area contributed by atoms with E-state index in [4.69, 9.17) is 37.9 Å². The molecular formula is C41H47NO13. The maximum absolute atomic E-state index is 13.5. The number of carbonyl (C=O) groups excluding carboxylic acids is 2. The number of aliphatic hydroxyl groups excluding tert-OH is 3. The number of cyclic esters (lactones) is 1. The summed E-state index contributed by atoms with van der Waals surface area (Å²) in [6.07, 6.45) is -5.09. The summed E-state index contributed by atoms with van der Waals surface area (Å²) in [5.74, 6) is 0.234. The van der Waals surface area contributed by atoms with Gasteiger partial charge in [0.25, 0.3) is 0 Å². The first-order chi connectivity index (χ1) is 26.5. The van der Waals surface area contributed by atoms with E-state index in [9.17, 15) is 24.9 Å². The second-order valence-corrected chi connectivity index (χ2v) is 15.2. The standard InChI is InChI=1S/C41H47NO13/c1-19(2)53-41(47)42-26-7-5-22(6-8-26)15-49-37-20(3)9-23(10-24(37)14-43)33-28-12-31-38(52-18-51-31)29(27(28)11-25-16-50-40(46)34(25)33)13-30-35(44)36(45)39-32(55-30)17-48-21(4)54-39/h5-10,12,19,21,25,30,32-36,39,43-45H,11,13-18H2,1-4H3,(H,42,47)/t21?,25-,30-,32+,33+,34?,35-,36+,39+/m0/s1. The molecule has 3 fully saturated rings. The zero-order chi connectivity index (χ0) is 38.5. The molecule has 3 aromatic carbocycles. The molecule has 1 aliphatic carbocycles. The maximum Gasteiger partial charge on any atom is 0.411 e. The normalized spacial score (nSPS) is 29.2. The number of benzene rings is 3. The summed E-state index contributed by atoms with van der Waals surface area (Å²) in [6, 6.07) is 13.0. The molecule has 0 bridgehead atoms. The van der Waals surface area contributed by atoms with Gasteiger partial charge in [0.15, 0.2) is 17.8 Å². The fourth-order valence-electron chi connectivity index (χ4n) is 8.69. The summed E-state index contributed by atoms with van der Waals surface area (Å²) in [6.45, 7) is 7.59. The fourth-order valence-corrected chi connectivity index (χ4v) is 8.69. The van der Waals surface area contributed by atoms with Gasteiger partial charge in [-0.25, -0.2) is 4.79 Å². The predicted molar refractivity (Wildman–Crippen MR) is 194 cm³/mol. The van der Waals surface area contributed by atoms with Gasteiger partial charge >= 0.3 is 12.1 Å². The number of amides is 1. The van der Waals surface area contributed by atoms with Gasteiger partial charge in [0.1, 0.15) is 36.8 Å². The van der Waals surface area contributed by atoms with E-state index in [0.29, 0.717) is 34.9 Å². The molecule has 1 amide bonds. The van der Waals surface area contributed by atoms with Crippen LogP contribution >= 0.6 is 0 Å². The average molecular weight is 762 g/mol. The summed E-state index contributed by atoms with van der Waals surface area (Å²) < 4.78 is 46.8. The molecule has 4 N–H and O–H groups in total. The number of nitrogens with one attached hydrogen (secondary N) is 1. The molecule has 5 aliphatic rings. The van der Waals surface area contributed by atoms with E-state index in [1.165, 1.54) is 0 Å². The van der Waals surface area contributed by atoms with Gasteiger partial charge in [0.2, 0.25) is 6.79 Å². The minimum absolute atomic E-state index is 0.00940. The van der Waals surface area contributed by atoms with Crippen LogP contribution in [0.25, 0.3) is 0 Å². The maximum atomic E-state index is 13.5. The van der Waals surface area contributed by atoms with E-state index < -0.39 is 54.7 Å². The molecule has 3 saturated heterocycles. The predicted octanol–water partition coefficient (Wildman–Crippen LogP) is 4.02. The number of carbonyl (C=O) groups is 2. The molecule has 14 heteroatoms. The minimum atomic E-state index is -1.24. The van der Waals surface area contributed by atoms with Crippen molar-refractivity contribution in [2.75, 3.05) is 25.3 Å². The van der Waals surface area contributed by atoms with Gasteiger partial charge in [-0.3, -0.25) is 10.1 Å². The highest BCUT2D eigenvalue weighted by molar-refractivity contribution is 5.84. The van der Waals surface area contributed by atoms with Crippen LogP contribution in [0.3, 0.4) is 0 Å². The fraction of sp³-hybridized carbons (Fsp3) is 0.512. The van der Waals surface area contributed by atoms with E-state index in [-0.39, 0.29) is 57.6 Å². The number of fused-ring (bicyclic) bond motifs is 4. The van der Waals surface area contributed by atoms with Crippen LogP contribution in [0.4, 0.5) is 10.5 Å². The van der Waals surface area contributed by atoms with Crippen molar-refractivity contribution in [1.82, 2.24) is 0 Å². The Hall–Kier alpha value is -4.44. The lowest BCUT2D eigenvalue weighted by atomic mass is 9.66. The van der Waals surface area contributed by atoms with Crippen LogP contribution < -0.4 is 19.5 Å². The quantitative estimate of drug-likeness (QED) is 0.230. The molecule has 3 aromatic rings. The molecule has 2 unspecified atom stereocenters. The zero-order valence-electron chi connectivity index (χ0n) is 31.2. The molecule has 0 aromatic heterocycles. The van der Waals surface area contributed by atoms with E-state index in [0.717, 1.165) is 33.4 Å². The van der Waals surface area contributed by atoms with Crippen LogP contribution in [-0.2, 0) is 54.5 Å². The van der Waals surface area contributed by atoms with Crippen molar-refractivity contribution in [1.29, 1.82) is 0 Å². The second-order valence-electron chi connectivity index (χ2n) is 15.2. The summed E-state index contributed by atoms with van der Waals surface area (Å²) >= 11 is 0. The number of rotatable bonds is 9. The topological polar surface area (TPSA) is 181 Å². The molecule has 294 valence electrons. The number of esters is 1. The first kappa shape index (κ1) is 37.5. The van der Waals surface area contributed by atoms with Crippen molar-refractivity contribution in [2.45, 2.75) is 103 Å². The number of aliphatic hydroxyl groups is 3. The third-order valence-electron chi connectivity index (χ3n) is 11.2. The largest absolute Gasteiger partial charge is 0.488 e. The molecule has 0 spiro atoms. The van der Waals surface area contributed by atoms with E-state index >= 15 is 0 Å². The van der Waals surface area contributed by atoms with Gasteiger partial charge < -0.3 is 53.2 Å². The van der Waals surface area contributed by atoms with Crippen molar-refractivity contribution in [3.63, 3.8) is 0 Å². The number of anilines is 1. The Balaban J connectivity index is 1.10. The van der Waals surface area contributed by atoms with Gasteiger partial charge in [-0.15, -0.1) is 0 Å². The Morgan fingerprint density at radius 2 is 1.82 bits per heavy atom. The highest BCUT2D eigenvalue weighted by Crippen LogP contribution is 2.53. The molecule has 0 saturated carbocycles. The number of aryl methyl sites for hydroxylation is 1. The average Bonchev–Trinajstić information content (AvgIpc) is 3.78. The van der Waals surface area contributed by atoms with Crippen LogP contribution in [0, 0.1) is 18.8 Å². The van der Waals surface area contributed by atoms with Crippen molar-refractivity contribution >= 4 is 17.7 Å². The third-order valence-corrected chi connectivity index (χ3v) is 11.2. The highest BCUT2D eigenvalue weighted by atomic mass is 16.7. The molecular weight excluding hydrogens is 714 g/mol. The van der Waals surface area contributed by atoms with Gasteiger partial charge in [0.05, 0.1) is 37.9 Å². The lowest BCUT2D eigenvalue weighted by Gasteiger charge is -2.46. The van der Waals surface area contributed by atoms with Crippen molar-refractivity contribution in [3.8, 4) is 17.2 Å². The van der Waals surface area contributed by atoms with Crippen LogP contribution in [0.2, 0.25) is 0 Å². The lowest BCUT2D eigenvalue weighted by Crippen LogP contribution is -2.62. The SMILES string of the molecule is Cc1cc([C@@H]2c3cc4c(c(C[C@@H]5O[C@@H]6COC(C)O[C@H]6[C@H](O)[C@H]5O)c3C[C@H]3COC(=O)C32)OCO4)cc(CO)c1OCc1ccc(NC(=O)OC(C)C)cc1. The van der Waals surface area contributed by atoms with E-state index in [1.807, 2.05) is 37.3 Å². The number of hydrogen-bond donors (Lipinski definition) is 4. The second kappa shape index (κ2) is 15.2. The summed E-state index contributed by atoms with van der Waals surface area (Å²) in [5.41, 5.74) is 6.19. The van der Waals surface area contributed by atoms with Crippen molar-refractivity contribution < 1.29 is 62.8 Å². The highest BCUT2D eigenvalue weighted by Gasteiger charge is 2.51. The van der Waals surface area contributed by atoms with Crippen LogP contribution in [-0.4, -0.2) is 90.3 Å². The van der Waals surface area contributed by atoms with Gasteiger partial charge in [-0.1, -0.05) is 18.2 Å². The molecule has 4 aliphatic heterocycles. The molecule has 9 atom stereocenters. The number of ether oxygens (including phenoxy) is 8. The van der Waals surface area contributed by atoms with E-state index in [1.54, 1.807) is 32.9 Å². The Bertz CT molecular complexity index is 1930. The minimum Gasteiger partial charge on any atom is -0.488 e. The van der Waals surface area contributed by atoms with Crippen LogP contribution in [0.5, 0.6) is 17.2 Å². The van der Waals surface area contributed by atoms with Gasteiger partial charge in [0, 0.05) is 35.1 Å². The monoisotopic (exact) mass is 761 g/mol. The van der Waals surface area contributed by atoms with Gasteiger partial charge in [-0.05, 0) is 86.2 Å². The smallest absolute Gasteiger partial charge is 0.411 e. The Morgan fingerprint density at radius 1 is 1.02 bits per heavy atom. The van der Waals surface area contributed by atoms with Crippen molar-refractivity contribution in [3.05, 3.63) is 81.4 Å². The molecule has 0 radical (unpaired) electrons. The Kier molecular flexibility index (Phi) is 10.4. The lowest BCUT2D eigenvalue weighted by molar-refractivity contribution is -0.320. The first-order valence-electron chi connectivity index (χ1n) is 18.8. The summed E-state index contributed by atoms with van der Waals surface area (Å²) in [7, 11) is 0. The Labute approximate surface area is 318 Å². The molecule has 8 rings (SSSR count). The Morgan fingerprint density at radius 3 is 2.58 bits per heavy atom. The molecule has 14 nitrogen and oxygen atoms in total. The van der Waals surface area contributed by atoms with Gasteiger partial charge in [-0.2, -0.15) is 0 Å². The first-order valence-corrected chi connectivity index (χ1v) is 18.8. The van der Waals surface area contributed by atoms with Crippen molar-refractivity contribution in [2.24, 2.45) is 11.8 Å². The summed E-state index contributed by atoms with van der Waals surface area (Å²) in [5, 5.41) is 35.8. The van der Waals surface area contributed by atoms with Crippen LogP contribution in [0.15, 0.2) is 42.5 Å². The molecule has 55 heavy (non-hydrogen) atoms. The molecule has 4 heterocycles. The van der Waals surface area contributed by atoms with E-state index in [2.05, 4.69) is 5.32 Å².